The molecule has 0 radical (unpaired) electrons. The van der Waals surface area contributed by atoms with Crippen LogP contribution in [-0.4, -0.2) is 53.1 Å². The molecule has 0 atom stereocenters. The van der Waals surface area contributed by atoms with Crippen molar-refractivity contribution in [1.29, 1.82) is 0 Å². The van der Waals surface area contributed by atoms with Crippen molar-refractivity contribution in [3.63, 3.8) is 0 Å². The molecular weight excluding hydrogens is 494 g/mol. The molecule has 3 aromatic rings. The number of hydrazine groups is 1. The van der Waals surface area contributed by atoms with Crippen LogP contribution in [0, 0.1) is 6.92 Å². The number of amides is 2. The number of nitrogens with zero attached hydrogens (tertiary/aromatic N) is 4. The van der Waals surface area contributed by atoms with Crippen molar-refractivity contribution in [1.82, 2.24) is 19.9 Å². The minimum atomic E-state index is -0.453. The third-order valence-electron chi connectivity index (χ3n) is 6.82. The molecule has 1 aliphatic rings. The fraction of sp³-hybridized carbons (Fsp3) is 0.444. The SMILES string of the molecule is CCCCCNC(=O)CN(CC(=O)N(C)N1Cc2ccccc2C1)c1cc2oc(=O)n(C)c2cc1C.Cl. The lowest BCUT2D eigenvalue weighted by Crippen LogP contribution is -2.48. The van der Waals surface area contributed by atoms with E-state index in [4.69, 9.17) is 4.42 Å². The number of halogens is 1. The molecule has 2 amide bonds. The normalized spacial score (nSPS) is 12.8. The number of likely N-dealkylation sites (N-methyl/N-ethyl adjacent to an activating group) is 1. The van der Waals surface area contributed by atoms with Gasteiger partial charge < -0.3 is 14.6 Å². The number of benzene rings is 2. The van der Waals surface area contributed by atoms with Crippen LogP contribution in [0.15, 0.2) is 45.6 Å². The number of carbonyl (C=O) groups excluding carboxylic acids is 2. The summed E-state index contributed by atoms with van der Waals surface area (Å²) in [7, 11) is 3.42. The summed E-state index contributed by atoms with van der Waals surface area (Å²) < 4.78 is 6.83. The molecule has 1 N–H and O–H groups in total. The summed E-state index contributed by atoms with van der Waals surface area (Å²) in [4.78, 5) is 40.0. The van der Waals surface area contributed by atoms with Gasteiger partial charge in [0.2, 0.25) is 5.91 Å². The number of anilines is 1. The molecule has 0 fully saturated rings. The van der Waals surface area contributed by atoms with Crippen LogP contribution in [0.2, 0.25) is 0 Å². The van der Waals surface area contributed by atoms with E-state index < -0.39 is 5.76 Å². The van der Waals surface area contributed by atoms with Crippen LogP contribution in [0.4, 0.5) is 5.69 Å². The summed E-state index contributed by atoms with van der Waals surface area (Å²) in [5.74, 6) is -0.731. The van der Waals surface area contributed by atoms with Gasteiger partial charge in [0.05, 0.1) is 18.6 Å². The Labute approximate surface area is 223 Å². The second-order valence-electron chi connectivity index (χ2n) is 9.46. The summed E-state index contributed by atoms with van der Waals surface area (Å²) >= 11 is 0. The average molecular weight is 530 g/mol. The molecule has 2 aromatic carbocycles. The minimum absolute atomic E-state index is 0. The number of hydrogen-bond acceptors (Lipinski definition) is 6. The summed E-state index contributed by atoms with van der Waals surface area (Å²) in [5, 5.41) is 6.61. The van der Waals surface area contributed by atoms with Crippen LogP contribution in [-0.2, 0) is 29.7 Å². The fourth-order valence-electron chi connectivity index (χ4n) is 4.62. The number of hydrogen-bond donors (Lipinski definition) is 1. The largest absolute Gasteiger partial charge is 0.419 e. The van der Waals surface area contributed by atoms with Crippen molar-refractivity contribution in [2.45, 2.75) is 46.2 Å². The summed E-state index contributed by atoms with van der Waals surface area (Å²) in [5.41, 5.74) is 5.05. The predicted octanol–water partition coefficient (Wildman–Crippen LogP) is 3.36. The predicted molar refractivity (Wildman–Crippen MR) is 147 cm³/mol. The van der Waals surface area contributed by atoms with Crippen LogP contribution >= 0.6 is 12.4 Å². The highest BCUT2D eigenvalue weighted by Gasteiger charge is 2.27. The zero-order valence-electron chi connectivity index (χ0n) is 22.0. The van der Waals surface area contributed by atoms with Crippen LogP contribution < -0.4 is 16.0 Å². The molecule has 200 valence electrons. The number of aryl methyl sites for hydroxylation is 2. The van der Waals surface area contributed by atoms with Gasteiger partial charge in [-0.2, -0.15) is 0 Å². The Morgan fingerprint density at radius 3 is 2.41 bits per heavy atom. The van der Waals surface area contributed by atoms with Gasteiger partial charge in [-0.15, -0.1) is 12.4 Å². The molecule has 0 spiro atoms. The van der Waals surface area contributed by atoms with E-state index in [1.54, 1.807) is 30.1 Å². The van der Waals surface area contributed by atoms with E-state index in [1.807, 2.05) is 30.1 Å². The molecule has 0 bridgehead atoms. The quantitative estimate of drug-likeness (QED) is 0.405. The second-order valence-corrected chi connectivity index (χ2v) is 9.46. The van der Waals surface area contributed by atoms with Crippen LogP contribution in [0.3, 0.4) is 0 Å². The zero-order valence-corrected chi connectivity index (χ0v) is 22.8. The number of fused-ring (bicyclic) bond motifs is 2. The molecule has 1 aliphatic heterocycles. The lowest BCUT2D eigenvalue weighted by Gasteiger charge is -2.32. The van der Waals surface area contributed by atoms with Gasteiger partial charge in [-0.3, -0.25) is 19.2 Å². The summed E-state index contributed by atoms with van der Waals surface area (Å²) in [6.45, 7) is 5.98. The molecule has 37 heavy (non-hydrogen) atoms. The Morgan fingerprint density at radius 1 is 1.08 bits per heavy atom. The van der Waals surface area contributed by atoms with E-state index in [0.29, 0.717) is 36.4 Å². The van der Waals surface area contributed by atoms with Gasteiger partial charge in [-0.05, 0) is 36.1 Å². The first-order chi connectivity index (χ1) is 17.3. The Kier molecular flexibility index (Phi) is 9.39. The Balaban J connectivity index is 0.00000380. The van der Waals surface area contributed by atoms with E-state index in [-0.39, 0.29) is 37.3 Å². The van der Waals surface area contributed by atoms with Crippen molar-refractivity contribution in [3.05, 3.63) is 63.6 Å². The average Bonchev–Trinajstić information content (AvgIpc) is 3.41. The number of aromatic nitrogens is 1. The van der Waals surface area contributed by atoms with Crippen molar-refractivity contribution < 1.29 is 14.0 Å². The first kappa shape index (κ1) is 28.3. The Hall–Kier alpha value is -3.30. The maximum Gasteiger partial charge on any atom is 0.419 e. The molecule has 0 unspecified atom stereocenters. The van der Waals surface area contributed by atoms with E-state index in [9.17, 15) is 14.4 Å². The third-order valence-corrected chi connectivity index (χ3v) is 6.82. The van der Waals surface area contributed by atoms with Gasteiger partial charge in [-0.25, -0.2) is 9.80 Å². The van der Waals surface area contributed by atoms with Crippen molar-refractivity contribution >= 4 is 41.0 Å². The molecule has 1 aromatic heterocycles. The van der Waals surface area contributed by atoms with Gasteiger partial charge in [0.15, 0.2) is 5.58 Å². The van der Waals surface area contributed by atoms with Crippen LogP contribution in [0.25, 0.3) is 11.1 Å². The second kappa shape index (κ2) is 12.3. The smallest absolute Gasteiger partial charge is 0.408 e. The number of nitrogens with one attached hydrogen (secondary N) is 1. The zero-order chi connectivity index (χ0) is 25.8. The van der Waals surface area contributed by atoms with Gasteiger partial charge in [0.25, 0.3) is 5.91 Å². The molecule has 0 saturated heterocycles. The van der Waals surface area contributed by atoms with Gasteiger partial charge >= 0.3 is 5.76 Å². The number of rotatable bonds is 10. The molecule has 10 heteroatoms. The first-order valence-electron chi connectivity index (χ1n) is 12.5. The van der Waals surface area contributed by atoms with Crippen molar-refractivity contribution in [3.8, 4) is 0 Å². The standard InChI is InChI=1S/C27H35N5O4.ClH/c1-5-6-9-12-28-25(33)17-31(22-14-24-23(13-19(22)2)29(3)27(35)36-24)18-26(34)30(4)32-15-20-10-7-8-11-21(20)16-32;/h7-8,10-11,13-14H,5-6,9,12,15-18H2,1-4H3,(H,28,33);1H. The molecular formula is C27H36ClN5O4. The minimum Gasteiger partial charge on any atom is -0.408 e. The topological polar surface area (TPSA) is 91.0 Å². The van der Waals surface area contributed by atoms with E-state index >= 15 is 0 Å². The van der Waals surface area contributed by atoms with Crippen molar-refractivity contribution in [2.75, 3.05) is 31.6 Å². The fourth-order valence-corrected chi connectivity index (χ4v) is 4.62. The monoisotopic (exact) mass is 529 g/mol. The highest BCUT2D eigenvalue weighted by molar-refractivity contribution is 5.89. The molecule has 9 nitrogen and oxygen atoms in total. The molecule has 0 aliphatic carbocycles. The molecule has 0 saturated carbocycles. The lowest BCUT2D eigenvalue weighted by molar-refractivity contribution is -0.145. The van der Waals surface area contributed by atoms with Gasteiger partial charge in [-0.1, -0.05) is 44.0 Å². The number of oxazole rings is 1. The third kappa shape index (κ3) is 6.34. The van der Waals surface area contributed by atoms with E-state index in [2.05, 4.69) is 24.4 Å². The highest BCUT2D eigenvalue weighted by atomic mass is 35.5. The maximum atomic E-state index is 13.4. The summed E-state index contributed by atoms with van der Waals surface area (Å²) in [6.07, 6.45) is 3.04. The first-order valence-corrected chi connectivity index (χ1v) is 12.5. The Bertz CT molecular complexity index is 1290. The van der Waals surface area contributed by atoms with Crippen LogP contribution in [0.1, 0.15) is 42.9 Å². The lowest BCUT2D eigenvalue weighted by atomic mass is 10.1. The number of carbonyl (C=O) groups is 2. The maximum absolute atomic E-state index is 13.4. The van der Waals surface area contributed by atoms with E-state index in [0.717, 1.165) is 24.8 Å². The van der Waals surface area contributed by atoms with Crippen LogP contribution in [0.5, 0.6) is 0 Å². The number of unbranched alkanes of at least 4 members (excludes halogenated alkanes) is 2. The molecule has 2 heterocycles. The Morgan fingerprint density at radius 2 is 1.76 bits per heavy atom. The van der Waals surface area contributed by atoms with Gasteiger partial charge in [0.1, 0.15) is 0 Å². The van der Waals surface area contributed by atoms with Gasteiger partial charge in [0, 0.05) is 45.5 Å². The molecule has 4 rings (SSSR count). The summed E-state index contributed by atoms with van der Waals surface area (Å²) in [6, 6.07) is 11.8. The van der Waals surface area contributed by atoms with E-state index in [1.165, 1.54) is 15.7 Å². The van der Waals surface area contributed by atoms with Crippen molar-refractivity contribution in [2.24, 2.45) is 7.05 Å². The highest BCUT2D eigenvalue weighted by Crippen LogP contribution is 2.27.